The van der Waals surface area contributed by atoms with E-state index in [1.165, 1.54) is 36.1 Å². The molecule has 1 aromatic rings. The number of hydrogen-bond donors (Lipinski definition) is 1. The molecule has 0 aromatic heterocycles. The number of nitrogens with zero attached hydrogens (tertiary/aromatic N) is 1. The standard InChI is InChI=1S/C16H26N2/c1-12-7-13(2)9-15(8-12)11-18-6-4-5-14(3)16(18)10-17/h7-9,14,16H,4-6,10-11,17H2,1-3H3. The van der Waals surface area contributed by atoms with Crippen LogP contribution < -0.4 is 5.73 Å². The van der Waals surface area contributed by atoms with E-state index in [0.717, 1.165) is 19.0 Å². The molecule has 0 amide bonds. The van der Waals surface area contributed by atoms with Crippen molar-refractivity contribution in [1.29, 1.82) is 0 Å². The van der Waals surface area contributed by atoms with Crippen molar-refractivity contribution in [2.24, 2.45) is 11.7 Å². The summed E-state index contributed by atoms with van der Waals surface area (Å²) in [6.07, 6.45) is 2.63. The lowest BCUT2D eigenvalue weighted by Gasteiger charge is -2.39. The first-order chi connectivity index (χ1) is 8.60. The molecule has 2 heteroatoms. The van der Waals surface area contributed by atoms with Crippen molar-refractivity contribution in [2.75, 3.05) is 13.1 Å². The Kier molecular flexibility index (Phi) is 4.41. The lowest BCUT2D eigenvalue weighted by molar-refractivity contribution is 0.0990. The average molecular weight is 246 g/mol. The maximum Gasteiger partial charge on any atom is 0.0247 e. The van der Waals surface area contributed by atoms with Crippen molar-refractivity contribution in [3.8, 4) is 0 Å². The van der Waals surface area contributed by atoms with Gasteiger partial charge in [0.2, 0.25) is 0 Å². The second-order valence-corrected chi connectivity index (χ2v) is 5.89. The number of hydrogen-bond acceptors (Lipinski definition) is 2. The van der Waals surface area contributed by atoms with Crippen LogP contribution in [0.15, 0.2) is 18.2 Å². The highest BCUT2D eigenvalue weighted by Crippen LogP contribution is 2.24. The Bertz CT molecular complexity index is 380. The SMILES string of the molecule is Cc1cc(C)cc(CN2CCCC(C)C2CN)c1. The number of rotatable bonds is 3. The summed E-state index contributed by atoms with van der Waals surface area (Å²) in [6, 6.07) is 7.40. The normalized spacial score (nSPS) is 25.3. The molecule has 0 radical (unpaired) electrons. The first-order valence-electron chi connectivity index (χ1n) is 7.11. The molecule has 1 aliphatic heterocycles. The van der Waals surface area contributed by atoms with E-state index in [4.69, 9.17) is 5.73 Å². The predicted octanol–water partition coefficient (Wildman–Crippen LogP) is 2.86. The van der Waals surface area contributed by atoms with Gasteiger partial charge in [0, 0.05) is 19.1 Å². The van der Waals surface area contributed by atoms with E-state index in [1.807, 2.05) is 0 Å². The Morgan fingerprint density at radius 1 is 1.22 bits per heavy atom. The van der Waals surface area contributed by atoms with Crippen LogP contribution in [0.5, 0.6) is 0 Å². The van der Waals surface area contributed by atoms with Gasteiger partial charge >= 0.3 is 0 Å². The van der Waals surface area contributed by atoms with Crippen LogP contribution >= 0.6 is 0 Å². The third-order valence-electron chi connectivity index (χ3n) is 4.14. The number of piperidine rings is 1. The van der Waals surface area contributed by atoms with Gasteiger partial charge in [0.1, 0.15) is 0 Å². The Morgan fingerprint density at radius 2 is 1.89 bits per heavy atom. The molecular weight excluding hydrogens is 220 g/mol. The zero-order valence-corrected chi connectivity index (χ0v) is 11.9. The van der Waals surface area contributed by atoms with Crippen molar-refractivity contribution in [3.63, 3.8) is 0 Å². The molecule has 0 saturated carbocycles. The fourth-order valence-electron chi connectivity index (χ4n) is 3.31. The van der Waals surface area contributed by atoms with Gasteiger partial charge in [-0.2, -0.15) is 0 Å². The highest BCUT2D eigenvalue weighted by molar-refractivity contribution is 5.28. The van der Waals surface area contributed by atoms with Crippen molar-refractivity contribution >= 4 is 0 Å². The van der Waals surface area contributed by atoms with E-state index in [9.17, 15) is 0 Å². The smallest absolute Gasteiger partial charge is 0.0247 e. The van der Waals surface area contributed by atoms with Crippen LogP contribution in [0.4, 0.5) is 0 Å². The molecule has 1 heterocycles. The van der Waals surface area contributed by atoms with Gasteiger partial charge in [-0.15, -0.1) is 0 Å². The molecule has 2 atom stereocenters. The van der Waals surface area contributed by atoms with Crippen LogP contribution in [0.2, 0.25) is 0 Å². The molecule has 2 nitrogen and oxygen atoms in total. The van der Waals surface area contributed by atoms with Crippen LogP contribution in [0.1, 0.15) is 36.5 Å². The molecular formula is C16H26N2. The fraction of sp³-hybridized carbons (Fsp3) is 0.625. The maximum atomic E-state index is 5.96. The first-order valence-corrected chi connectivity index (χ1v) is 7.11. The molecule has 0 aliphatic carbocycles. The molecule has 1 aliphatic rings. The topological polar surface area (TPSA) is 29.3 Å². The van der Waals surface area contributed by atoms with Gasteiger partial charge in [-0.1, -0.05) is 36.2 Å². The number of benzene rings is 1. The van der Waals surface area contributed by atoms with Crippen molar-refractivity contribution in [2.45, 2.75) is 46.2 Å². The van der Waals surface area contributed by atoms with Crippen LogP contribution in [0.25, 0.3) is 0 Å². The van der Waals surface area contributed by atoms with Gasteiger partial charge in [0.05, 0.1) is 0 Å². The zero-order valence-electron chi connectivity index (χ0n) is 11.9. The van der Waals surface area contributed by atoms with E-state index < -0.39 is 0 Å². The summed E-state index contributed by atoms with van der Waals surface area (Å²) in [5, 5.41) is 0. The first kappa shape index (κ1) is 13.6. The molecule has 100 valence electrons. The van der Waals surface area contributed by atoms with Crippen LogP contribution in [0, 0.1) is 19.8 Å². The van der Waals surface area contributed by atoms with E-state index in [1.54, 1.807) is 0 Å². The molecule has 1 fully saturated rings. The molecule has 2 N–H and O–H groups in total. The van der Waals surface area contributed by atoms with Gasteiger partial charge < -0.3 is 5.73 Å². The summed E-state index contributed by atoms with van der Waals surface area (Å²) >= 11 is 0. The Labute approximate surface area is 111 Å². The molecule has 1 saturated heterocycles. The van der Waals surface area contributed by atoms with Gasteiger partial charge in [0.25, 0.3) is 0 Å². The summed E-state index contributed by atoms with van der Waals surface area (Å²) in [5.41, 5.74) is 10.1. The highest BCUT2D eigenvalue weighted by Gasteiger charge is 2.27. The van der Waals surface area contributed by atoms with Crippen molar-refractivity contribution in [1.82, 2.24) is 4.90 Å². The average Bonchev–Trinajstić information content (AvgIpc) is 2.27. The van der Waals surface area contributed by atoms with Crippen molar-refractivity contribution < 1.29 is 0 Å². The second-order valence-electron chi connectivity index (χ2n) is 5.89. The highest BCUT2D eigenvalue weighted by atomic mass is 15.2. The van der Waals surface area contributed by atoms with Crippen LogP contribution in [-0.4, -0.2) is 24.0 Å². The quantitative estimate of drug-likeness (QED) is 0.888. The summed E-state index contributed by atoms with van der Waals surface area (Å²) in [5.74, 6) is 0.731. The lowest BCUT2D eigenvalue weighted by Crippen LogP contribution is -2.48. The Hall–Kier alpha value is -0.860. The molecule has 18 heavy (non-hydrogen) atoms. The van der Waals surface area contributed by atoms with Crippen LogP contribution in [0.3, 0.4) is 0 Å². The molecule has 1 aromatic carbocycles. The largest absolute Gasteiger partial charge is 0.329 e. The minimum atomic E-state index is 0.555. The zero-order chi connectivity index (χ0) is 13.1. The summed E-state index contributed by atoms with van der Waals surface area (Å²) in [6.45, 7) is 9.72. The Balaban J connectivity index is 2.11. The van der Waals surface area contributed by atoms with E-state index >= 15 is 0 Å². The van der Waals surface area contributed by atoms with E-state index in [-0.39, 0.29) is 0 Å². The molecule has 0 spiro atoms. The predicted molar refractivity (Wildman–Crippen MR) is 77.6 cm³/mol. The van der Waals surface area contributed by atoms with Crippen molar-refractivity contribution in [3.05, 3.63) is 34.9 Å². The minimum Gasteiger partial charge on any atom is -0.329 e. The van der Waals surface area contributed by atoms with E-state index in [2.05, 4.69) is 43.9 Å². The summed E-state index contributed by atoms with van der Waals surface area (Å²) in [4.78, 5) is 2.57. The number of nitrogens with two attached hydrogens (primary N) is 1. The molecule has 2 unspecified atom stereocenters. The van der Waals surface area contributed by atoms with Gasteiger partial charge in [-0.3, -0.25) is 4.90 Å². The Morgan fingerprint density at radius 3 is 2.50 bits per heavy atom. The second kappa shape index (κ2) is 5.85. The van der Waals surface area contributed by atoms with Gasteiger partial charge in [-0.25, -0.2) is 0 Å². The third kappa shape index (κ3) is 3.12. The molecule has 0 bridgehead atoms. The lowest BCUT2D eigenvalue weighted by atomic mass is 9.90. The van der Waals surface area contributed by atoms with Crippen LogP contribution in [-0.2, 0) is 6.54 Å². The van der Waals surface area contributed by atoms with Gasteiger partial charge in [0.15, 0.2) is 0 Å². The molecule has 2 rings (SSSR count). The monoisotopic (exact) mass is 246 g/mol. The maximum absolute atomic E-state index is 5.96. The van der Waals surface area contributed by atoms with E-state index in [0.29, 0.717) is 6.04 Å². The number of likely N-dealkylation sites (tertiary alicyclic amines) is 1. The van der Waals surface area contributed by atoms with Gasteiger partial charge in [-0.05, 0) is 44.7 Å². The minimum absolute atomic E-state index is 0.555. The fourth-order valence-corrected chi connectivity index (χ4v) is 3.31. The third-order valence-corrected chi connectivity index (χ3v) is 4.14. The summed E-state index contributed by atoms with van der Waals surface area (Å²) in [7, 11) is 0. The number of aryl methyl sites for hydroxylation is 2. The summed E-state index contributed by atoms with van der Waals surface area (Å²) < 4.78 is 0.